The van der Waals surface area contributed by atoms with Crippen molar-refractivity contribution in [1.82, 2.24) is 15.1 Å². The van der Waals surface area contributed by atoms with Crippen molar-refractivity contribution in [2.24, 2.45) is 10.9 Å². The Morgan fingerprint density at radius 2 is 2.00 bits per heavy atom. The SMILES string of the molecule is CN=C(NCCCOCC1CC1)N1CCN(Cc2ccc3c(c2)OCO3)CC1. The summed E-state index contributed by atoms with van der Waals surface area (Å²) in [5, 5.41) is 3.48. The second kappa shape index (κ2) is 9.47. The summed E-state index contributed by atoms with van der Waals surface area (Å²) < 4.78 is 16.6. The molecule has 2 fully saturated rings. The molecule has 1 N–H and O–H groups in total. The fourth-order valence-electron chi connectivity index (χ4n) is 3.66. The quantitative estimate of drug-likeness (QED) is 0.417. The Labute approximate surface area is 167 Å². The highest BCUT2D eigenvalue weighted by Gasteiger charge is 2.22. The molecule has 3 aliphatic rings. The first kappa shape index (κ1) is 19.3. The van der Waals surface area contributed by atoms with Crippen LogP contribution in [0.4, 0.5) is 0 Å². The van der Waals surface area contributed by atoms with Crippen molar-refractivity contribution in [3.05, 3.63) is 23.8 Å². The molecule has 2 aliphatic heterocycles. The van der Waals surface area contributed by atoms with Gasteiger partial charge in [0.15, 0.2) is 17.5 Å². The van der Waals surface area contributed by atoms with Crippen molar-refractivity contribution in [2.75, 3.05) is 59.8 Å². The van der Waals surface area contributed by atoms with Gasteiger partial charge in [0.05, 0.1) is 0 Å². The van der Waals surface area contributed by atoms with Crippen LogP contribution in [0.1, 0.15) is 24.8 Å². The Morgan fingerprint density at radius 1 is 1.18 bits per heavy atom. The van der Waals surface area contributed by atoms with Gasteiger partial charge in [-0.3, -0.25) is 9.89 Å². The highest BCUT2D eigenvalue weighted by atomic mass is 16.7. The Kier molecular flexibility index (Phi) is 6.54. The third kappa shape index (κ3) is 5.29. The van der Waals surface area contributed by atoms with Gasteiger partial charge in [-0.15, -0.1) is 0 Å². The molecule has 154 valence electrons. The summed E-state index contributed by atoms with van der Waals surface area (Å²) in [5.74, 6) is 3.56. The van der Waals surface area contributed by atoms with Crippen LogP contribution in [-0.2, 0) is 11.3 Å². The van der Waals surface area contributed by atoms with Gasteiger partial charge >= 0.3 is 0 Å². The van der Waals surface area contributed by atoms with Gasteiger partial charge in [-0.05, 0) is 42.9 Å². The monoisotopic (exact) mass is 388 g/mol. The molecule has 7 heteroatoms. The molecular formula is C21H32N4O3. The minimum Gasteiger partial charge on any atom is -0.454 e. The Hall–Kier alpha value is -1.99. The Bertz CT molecular complexity index is 670. The van der Waals surface area contributed by atoms with E-state index in [-0.39, 0.29) is 0 Å². The van der Waals surface area contributed by atoms with E-state index in [1.165, 1.54) is 18.4 Å². The molecule has 0 aromatic heterocycles. The lowest BCUT2D eigenvalue weighted by Crippen LogP contribution is -2.52. The van der Waals surface area contributed by atoms with Crippen molar-refractivity contribution in [2.45, 2.75) is 25.8 Å². The second-order valence-electron chi connectivity index (χ2n) is 7.80. The number of hydrogen-bond acceptors (Lipinski definition) is 5. The molecule has 0 radical (unpaired) electrons. The third-order valence-electron chi connectivity index (χ3n) is 5.53. The lowest BCUT2D eigenvalue weighted by atomic mass is 10.1. The molecule has 0 atom stereocenters. The van der Waals surface area contributed by atoms with Gasteiger partial charge in [0.25, 0.3) is 0 Å². The van der Waals surface area contributed by atoms with Crippen LogP contribution in [0, 0.1) is 5.92 Å². The number of nitrogens with one attached hydrogen (secondary N) is 1. The van der Waals surface area contributed by atoms with Crippen LogP contribution in [-0.4, -0.2) is 75.5 Å². The molecule has 0 spiro atoms. The summed E-state index contributed by atoms with van der Waals surface area (Å²) in [6.07, 6.45) is 3.73. The average Bonchev–Trinajstić information content (AvgIpc) is 3.43. The molecule has 1 aromatic carbocycles. The average molecular weight is 389 g/mol. The van der Waals surface area contributed by atoms with E-state index in [4.69, 9.17) is 14.2 Å². The molecule has 1 aromatic rings. The van der Waals surface area contributed by atoms with Crippen LogP contribution in [0.2, 0.25) is 0 Å². The molecule has 1 saturated carbocycles. The van der Waals surface area contributed by atoms with E-state index in [9.17, 15) is 0 Å². The molecule has 0 unspecified atom stereocenters. The lowest BCUT2D eigenvalue weighted by molar-refractivity contribution is 0.122. The zero-order chi connectivity index (χ0) is 19.2. The van der Waals surface area contributed by atoms with Crippen LogP contribution in [0.3, 0.4) is 0 Å². The second-order valence-corrected chi connectivity index (χ2v) is 7.80. The van der Waals surface area contributed by atoms with Crippen LogP contribution in [0.5, 0.6) is 11.5 Å². The summed E-state index contributed by atoms with van der Waals surface area (Å²) in [6.45, 7) is 7.99. The highest BCUT2D eigenvalue weighted by Crippen LogP contribution is 2.32. The number of nitrogens with zero attached hydrogens (tertiary/aromatic N) is 3. The van der Waals surface area contributed by atoms with E-state index in [1.807, 2.05) is 13.1 Å². The van der Waals surface area contributed by atoms with Crippen LogP contribution in [0.15, 0.2) is 23.2 Å². The number of benzene rings is 1. The van der Waals surface area contributed by atoms with E-state index in [0.29, 0.717) is 6.79 Å². The topological polar surface area (TPSA) is 58.6 Å². The lowest BCUT2D eigenvalue weighted by Gasteiger charge is -2.36. The first-order valence-electron chi connectivity index (χ1n) is 10.5. The molecule has 0 amide bonds. The third-order valence-corrected chi connectivity index (χ3v) is 5.53. The van der Waals surface area contributed by atoms with Crippen LogP contribution >= 0.6 is 0 Å². The van der Waals surface area contributed by atoms with Crippen molar-refractivity contribution in [3.63, 3.8) is 0 Å². The minimum absolute atomic E-state index is 0.330. The smallest absolute Gasteiger partial charge is 0.231 e. The Balaban J connectivity index is 1.15. The van der Waals surface area contributed by atoms with Crippen LogP contribution in [0.25, 0.3) is 0 Å². The number of rotatable bonds is 8. The zero-order valence-electron chi connectivity index (χ0n) is 16.9. The molecule has 28 heavy (non-hydrogen) atoms. The van der Waals surface area contributed by atoms with Crippen molar-refractivity contribution in [3.8, 4) is 11.5 Å². The molecule has 1 aliphatic carbocycles. The first-order chi connectivity index (χ1) is 13.8. The minimum atomic E-state index is 0.330. The van der Waals surface area contributed by atoms with Gasteiger partial charge in [-0.1, -0.05) is 6.07 Å². The summed E-state index contributed by atoms with van der Waals surface area (Å²) in [6, 6.07) is 6.24. The highest BCUT2D eigenvalue weighted by molar-refractivity contribution is 5.79. The molecular weight excluding hydrogens is 356 g/mol. The molecule has 0 bridgehead atoms. The molecule has 2 heterocycles. The van der Waals surface area contributed by atoms with Gasteiger partial charge in [-0.25, -0.2) is 0 Å². The number of hydrogen-bond donors (Lipinski definition) is 1. The fourth-order valence-corrected chi connectivity index (χ4v) is 3.66. The van der Waals surface area contributed by atoms with E-state index < -0.39 is 0 Å². The molecule has 7 nitrogen and oxygen atoms in total. The largest absolute Gasteiger partial charge is 0.454 e. The standard InChI is InChI=1S/C21H32N4O3/c1-22-21(23-7-2-12-26-15-17-3-4-17)25-10-8-24(9-11-25)14-18-5-6-19-20(13-18)28-16-27-19/h5-6,13,17H,2-4,7-12,14-16H2,1H3,(H,22,23). The van der Waals surface area contributed by atoms with E-state index in [2.05, 4.69) is 32.2 Å². The molecule has 4 rings (SSSR count). The summed E-state index contributed by atoms with van der Waals surface area (Å²) in [4.78, 5) is 9.29. The zero-order valence-corrected chi connectivity index (χ0v) is 16.9. The van der Waals surface area contributed by atoms with E-state index >= 15 is 0 Å². The van der Waals surface area contributed by atoms with Gasteiger partial charge in [-0.2, -0.15) is 0 Å². The van der Waals surface area contributed by atoms with Gasteiger partial charge in [0.1, 0.15) is 0 Å². The van der Waals surface area contributed by atoms with Gasteiger partial charge < -0.3 is 24.4 Å². The maximum absolute atomic E-state index is 5.70. The fraction of sp³-hybridized carbons (Fsp3) is 0.667. The number of piperazine rings is 1. The summed E-state index contributed by atoms with van der Waals surface area (Å²) in [5.41, 5.74) is 1.27. The Morgan fingerprint density at radius 3 is 2.79 bits per heavy atom. The number of fused-ring (bicyclic) bond motifs is 1. The first-order valence-corrected chi connectivity index (χ1v) is 10.5. The normalized spacial score (nSPS) is 19.9. The van der Waals surface area contributed by atoms with Crippen molar-refractivity contribution < 1.29 is 14.2 Å². The summed E-state index contributed by atoms with van der Waals surface area (Å²) >= 11 is 0. The maximum atomic E-state index is 5.70. The number of aliphatic imine (C=N–C) groups is 1. The van der Waals surface area contributed by atoms with E-state index in [1.54, 1.807) is 0 Å². The predicted molar refractivity (Wildman–Crippen MR) is 109 cm³/mol. The molecule has 1 saturated heterocycles. The number of ether oxygens (including phenoxy) is 3. The van der Waals surface area contributed by atoms with Crippen LogP contribution < -0.4 is 14.8 Å². The van der Waals surface area contributed by atoms with Gasteiger partial charge in [0, 0.05) is 59.5 Å². The maximum Gasteiger partial charge on any atom is 0.231 e. The van der Waals surface area contributed by atoms with Gasteiger partial charge in [0.2, 0.25) is 6.79 Å². The predicted octanol–water partition coefficient (Wildman–Crippen LogP) is 1.92. The van der Waals surface area contributed by atoms with Crippen molar-refractivity contribution in [1.29, 1.82) is 0 Å². The number of guanidine groups is 1. The van der Waals surface area contributed by atoms with E-state index in [0.717, 1.165) is 82.3 Å². The summed E-state index contributed by atoms with van der Waals surface area (Å²) in [7, 11) is 1.87. The van der Waals surface area contributed by atoms with Crippen molar-refractivity contribution >= 4 is 5.96 Å².